The van der Waals surface area contributed by atoms with Gasteiger partial charge in [-0.1, -0.05) is 51.2 Å². The number of hydrogen-bond donors (Lipinski definition) is 2. The number of rotatable bonds is 16. The topological polar surface area (TPSA) is 101 Å². The maximum atomic E-state index is 11.1. The summed E-state index contributed by atoms with van der Waals surface area (Å²) in [5.41, 5.74) is 0. The zero-order valence-electron chi connectivity index (χ0n) is 14.9. The fourth-order valence-electron chi connectivity index (χ4n) is 2.62. The standard InChI is InChI=1S/C18H33NO5/c1-2-3-4-5-8-11-14-17(20)16(19(23)24)13-10-7-6-9-12-15-18(21)22/h8,11,16-17,20H,2-7,9-10,12-15H2,1H3,(H,21,22)/b11-8-. The minimum absolute atomic E-state index is 0.181. The Kier molecular flexibility index (Phi) is 14.2. The molecule has 6 nitrogen and oxygen atoms in total. The molecule has 140 valence electrons. The zero-order valence-corrected chi connectivity index (χ0v) is 14.9. The second-order valence-corrected chi connectivity index (χ2v) is 6.32. The highest BCUT2D eigenvalue weighted by Crippen LogP contribution is 2.15. The van der Waals surface area contributed by atoms with Gasteiger partial charge in [-0.15, -0.1) is 0 Å². The van der Waals surface area contributed by atoms with E-state index in [0.29, 0.717) is 25.7 Å². The molecule has 24 heavy (non-hydrogen) atoms. The van der Waals surface area contributed by atoms with Crippen LogP contribution in [0.4, 0.5) is 0 Å². The van der Waals surface area contributed by atoms with Gasteiger partial charge in [0.2, 0.25) is 6.04 Å². The van der Waals surface area contributed by atoms with Crippen molar-refractivity contribution in [1.82, 2.24) is 0 Å². The second kappa shape index (κ2) is 15.1. The van der Waals surface area contributed by atoms with Crippen LogP contribution in [0.2, 0.25) is 0 Å². The quantitative estimate of drug-likeness (QED) is 0.188. The first-order chi connectivity index (χ1) is 11.5. The Hall–Kier alpha value is -1.43. The van der Waals surface area contributed by atoms with Gasteiger partial charge in [0.25, 0.3) is 0 Å². The molecule has 0 saturated carbocycles. The molecule has 0 fully saturated rings. The summed E-state index contributed by atoms with van der Waals surface area (Å²) in [5.74, 6) is -0.783. The molecule has 0 aliphatic rings. The molecule has 0 aromatic heterocycles. The highest BCUT2D eigenvalue weighted by Gasteiger charge is 2.28. The number of nitrogens with zero attached hydrogens (tertiary/aromatic N) is 1. The molecule has 0 aromatic carbocycles. The van der Waals surface area contributed by atoms with Crippen molar-refractivity contribution in [3.63, 3.8) is 0 Å². The van der Waals surface area contributed by atoms with E-state index < -0.39 is 18.1 Å². The number of aliphatic carboxylic acids is 1. The third kappa shape index (κ3) is 13.0. The predicted molar refractivity (Wildman–Crippen MR) is 94.6 cm³/mol. The first kappa shape index (κ1) is 22.6. The summed E-state index contributed by atoms with van der Waals surface area (Å²) in [5, 5.41) is 29.7. The van der Waals surface area contributed by atoms with Crippen LogP contribution in [0.5, 0.6) is 0 Å². The van der Waals surface area contributed by atoms with E-state index in [4.69, 9.17) is 5.11 Å². The van der Waals surface area contributed by atoms with Crippen molar-refractivity contribution < 1.29 is 19.9 Å². The third-order valence-corrected chi connectivity index (χ3v) is 4.12. The van der Waals surface area contributed by atoms with E-state index in [9.17, 15) is 20.0 Å². The van der Waals surface area contributed by atoms with Crippen LogP contribution in [0.25, 0.3) is 0 Å². The molecule has 0 aromatic rings. The van der Waals surface area contributed by atoms with Crippen molar-refractivity contribution in [2.24, 2.45) is 0 Å². The molecule has 0 spiro atoms. The molecular weight excluding hydrogens is 310 g/mol. The molecule has 6 heteroatoms. The van der Waals surface area contributed by atoms with Crippen molar-refractivity contribution in [2.75, 3.05) is 0 Å². The number of carbonyl (C=O) groups is 1. The first-order valence-electron chi connectivity index (χ1n) is 9.17. The molecular formula is C18H33NO5. The maximum absolute atomic E-state index is 11.1. The lowest BCUT2D eigenvalue weighted by atomic mass is 10.00. The monoisotopic (exact) mass is 343 g/mol. The van der Waals surface area contributed by atoms with Gasteiger partial charge in [-0.3, -0.25) is 14.9 Å². The van der Waals surface area contributed by atoms with E-state index in [2.05, 4.69) is 6.92 Å². The van der Waals surface area contributed by atoms with Gasteiger partial charge >= 0.3 is 5.97 Å². The van der Waals surface area contributed by atoms with E-state index >= 15 is 0 Å². The fraction of sp³-hybridized carbons (Fsp3) is 0.833. The van der Waals surface area contributed by atoms with Crippen LogP contribution in [-0.4, -0.2) is 33.3 Å². The Morgan fingerprint density at radius 3 is 2.38 bits per heavy atom. The van der Waals surface area contributed by atoms with E-state index in [1.54, 1.807) is 0 Å². The number of allylic oxidation sites excluding steroid dienone is 1. The summed E-state index contributed by atoms with van der Waals surface area (Å²) in [7, 11) is 0. The SMILES string of the molecule is CCCCC/C=C\CC(O)C(CCCCCCCC(=O)O)[N+](=O)[O-]. The number of carboxylic acid groups (broad SMARTS) is 1. The van der Waals surface area contributed by atoms with Crippen LogP contribution in [0.1, 0.15) is 84.0 Å². The van der Waals surface area contributed by atoms with Crippen molar-refractivity contribution >= 4 is 5.97 Å². The van der Waals surface area contributed by atoms with E-state index in [1.165, 1.54) is 6.42 Å². The van der Waals surface area contributed by atoms with E-state index in [1.807, 2.05) is 12.2 Å². The highest BCUT2D eigenvalue weighted by molar-refractivity contribution is 5.66. The summed E-state index contributed by atoms with van der Waals surface area (Å²) in [4.78, 5) is 21.1. The van der Waals surface area contributed by atoms with Gasteiger partial charge < -0.3 is 10.2 Å². The Balaban J connectivity index is 3.90. The molecule has 0 aliphatic heterocycles. The largest absolute Gasteiger partial charge is 0.481 e. The van der Waals surface area contributed by atoms with Crippen LogP contribution >= 0.6 is 0 Å². The smallest absolute Gasteiger partial charge is 0.303 e. The average molecular weight is 343 g/mol. The molecule has 0 amide bonds. The van der Waals surface area contributed by atoms with Crippen LogP contribution < -0.4 is 0 Å². The Morgan fingerprint density at radius 1 is 1.08 bits per heavy atom. The summed E-state index contributed by atoms with van der Waals surface area (Å²) >= 11 is 0. The van der Waals surface area contributed by atoms with Gasteiger partial charge in [0.1, 0.15) is 6.10 Å². The Labute approximate surface area is 145 Å². The molecule has 0 saturated heterocycles. The van der Waals surface area contributed by atoms with Crippen molar-refractivity contribution in [3.05, 3.63) is 22.3 Å². The number of aliphatic hydroxyl groups excluding tert-OH is 1. The minimum atomic E-state index is -0.936. The lowest BCUT2D eigenvalue weighted by molar-refractivity contribution is -0.535. The van der Waals surface area contributed by atoms with Crippen molar-refractivity contribution in [1.29, 1.82) is 0 Å². The summed E-state index contributed by atoms with van der Waals surface area (Å²) in [6.07, 6.45) is 12.1. The van der Waals surface area contributed by atoms with Crippen LogP contribution in [0.15, 0.2) is 12.2 Å². The van der Waals surface area contributed by atoms with Gasteiger partial charge in [0, 0.05) is 17.8 Å². The van der Waals surface area contributed by atoms with E-state index in [-0.39, 0.29) is 11.3 Å². The number of hydrogen-bond acceptors (Lipinski definition) is 4. The molecule has 0 aliphatic carbocycles. The van der Waals surface area contributed by atoms with E-state index in [0.717, 1.165) is 38.5 Å². The van der Waals surface area contributed by atoms with Crippen molar-refractivity contribution in [3.8, 4) is 0 Å². The van der Waals surface area contributed by atoms with Crippen LogP contribution in [-0.2, 0) is 4.79 Å². The lowest BCUT2D eigenvalue weighted by Crippen LogP contribution is -2.33. The highest BCUT2D eigenvalue weighted by atomic mass is 16.6. The summed E-state index contributed by atoms with van der Waals surface area (Å²) in [6.45, 7) is 2.14. The van der Waals surface area contributed by atoms with Crippen LogP contribution in [0, 0.1) is 10.1 Å². The first-order valence-corrected chi connectivity index (χ1v) is 9.17. The van der Waals surface area contributed by atoms with Gasteiger partial charge in [-0.25, -0.2) is 0 Å². The molecule has 2 atom stereocenters. The number of nitro groups is 1. The molecule has 0 rings (SSSR count). The predicted octanol–water partition coefficient (Wildman–Crippen LogP) is 4.33. The number of aliphatic hydroxyl groups is 1. The van der Waals surface area contributed by atoms with Crippen molar-refractivity contribution in [2.45, 2.75) is 96.1 Å². The lowest BCUT2D eigenvalue weighted by Gasteiger charge is -2.14. The van der Waals surface area contributed by atoms with Gasteiger partial charge in [0.15, 0.2) is 0 Å². The Bertz CT molecular complexity index is 370. The zero-order chi connectivity index (χ0) is 18.2. The van der Waals surface area contributed by atoms with Crippen LogP contribution in [0.3, 0.4) is 0 Å². The molecule has 2 unspecified atom stereocenters. The Morgan fingerprint density at radius 2 is 1.75 bits per heavy atom. The molecule has 0 heterocycles. The number of unbranched alkanes of at least 4 members (excludes halogenated alkanes) is 7. The average Bonchev–Trinajstić information content (AvgIpc) is 2.52. The normalized spacial score (nSPS) is 13.9. The number of carboxylic acids is 1. The maximum Gasteiger partial charge on any atom is 0.303 e. The van der Waals surface area contributed by atoms with Gasteiger partial charge in [-0.05, 0) is 32.1 Å². The van der Waals surface area contributed by atoms with Gasteiger partial charge in [-0.2, -0.15) is 0 Å². The minimum Gasteiger partial charge on any atom is -0.481 e. The third-order valence-electron chi connectivity index (χ3n) is 4.12. The molecule has 0 radical (unpaired) electrons. The summed E-state index contributed by atoms with van der Waals surface area (Å²) in [6, 6.07) is -0.913. The van der Waals surface area contributed by atoms with Gasteiger partial charge in [0.05, 0.1) is 0 Å². The summed E-state index contributed by atoms with van der Waals surface area (Å²) < 4.78 is 0. The second-order valence-electron chi connectivity index (χ2n) is 6.32. The fourth-order valence-corrected chi connectivity index (χ4v) is 2.62. The molecule has 0 bridgehead atoms. The molecule has 2 N–H and O–H groups in total.